The third-order valence-corrected chi connectivity index (χ3v) is 4.50. The summed E-state index contributed by atoms with van der Waals surface area (Å²) in [5, 5.41) is 9.14. The van der Waals surface area contributed by atoms with Crippen LogP contribution in [0.4, 0.5) is 10.6 Å². The molecule has 0 saturated carbocycles. The van der Waals surface area contributed by atoms with E-state index in [0.717, 1.165) is 6.42 Å². The van der Waals surface area contributed by atoms with Gasteiger partial charge in [-0.1, -0.05) is 11.6 Å². The summed E-state index contributed by atoms with van der Waals surface area (Å²) in [7, 11) is 1.92. The molecule has 1 aromatic heterocycles. The second-order valence-electron chi connectivity index (χ2n) is 7.33. The van der Waals surface area contributed by atoms with Crippen LogP contribution in [0.1, 0.15) is 39.7 Å². The Labute approximate surface area is 148 Å². The van der Waals surface area contributed by atoms with E-state index in [2.05, 4.69) is 11.9 Å². The number of likely N-dealkylation sites (N-methyl/N-ethyl adjacent to an activating group) is 1. The van der Waals surface area contributed by atoms with Gasteiger partial charge in [-0.3, -0.25) is 0 Å². The normalized spacial score (nSPS) is 20.6. The summed E-state index contributed by atoms with van der Waals surface area (Å²) >= 11 is 6.03. The molecule has 6 nitrogen and oxygen atoms in total. The van der Waals surface area contributed by atoms with Gasteiger partial charge in [0.15, 0.2) is 0 Å². The smallest absolute Gasteiger partial charge is 0.410 e. The van der Waals surface area contributed by atoms with E-state index in [4.69, 9.17) is 21.6 Å². The van der Waals surface area contributed by atoms with E-state index < -0.39 is 5.60 Å². The Balaban J connectivity index is 2.13. The predicted molar refractivity (Wildman–Crippen MR) is 93.2 cm³/mol. The van der Waals surface area contributed by atoms with E-state index in [0.29, 0.717) is 24.5 Å². The van der Waals surface area contributed by atoms with Crippen molar-refractivity contribution in [1.82, 2.24) is 9.88 Å². The van der Waals surface area contributed by atoms with Crippen LogP contribution in [-0.4, -0.2) is 47.3 Å². The van der Waals surface area contributed by atoms with Crippen molar-refractivity contribution < 1.29 is 9.53 Å². The number of ether oxygens (including phenoxy) is 1. The molecule has 1 aliphatic rings. The standard InChI is InChI=1S/C17H23ClN4O2/c1-16(2,3)24-15(23)22-9-8-17(4,11-22)21(5)13-7-6-12(10-19)14(18)20-13/h6-7H,8-9,11H2,1-5H3. The zero-order chi connectivity index (χ0) is 18.1. The Kier molecular flexibility index (Phi) is 4.95. The molecule has 0 N–H and O–H groups in total. The predicted octanol–water partition coefficient (Wildman–Crippen LogP) is 3.44. The number of aromatic nitrogens is 1. The van der Waals surface area contributed by atoms with Crippen molar-refractivity contribution >= 4 is 23.5 Å². The average molecular weight is 351 g/mol. The third kappa shape index (κ3) is 3.90. The molecular weight excluding hydrogens is 328 g/mol. The Morgan fingerprint density at radius 1 is 1.50 bits per heavy atom. The quantitative estimate of drug-likeness (QED) is 0.764. The third-order valence-electron chi connectivity index (χ3n) is 4.21. The molecule has 0 aliphatic carbocycles. The molecule has 2 heterocycles. The molecule has 2 rings (SSSR count). The Morgan fingerprint density at radius 3 is 2.71 bits per heavy atom. The summed E-state index contributed by atoms with van der Waals surface area (Å²) in [6.07, 6.45) is 0.493. The van der Waals surface area contributed by atoms with E-state index in [1.165, 1.54) is 0 Å². The molecule has 1 aromatic rings. The molecule has 1 atom stereocenters. The molecule has 24 heavy (non-hydrogen) atoms. The van der Waals surface area contributed by atoms with Crippen LogP contribution in [-0.2, 0) is 4.74 Å². The number of hydrogen-bond donors (Lipinski definition) is 0. The first kappa shape index (κ1) is 18.3. The minimum absolute atomic E-state index is 0.187. The molecule has 7 heteroatoms. The van der Waals surface area contributed by atoms with Crippen molar-refractivity contribution in [2.45, 2.75) is 45.3 Å². The van der Waals surface area contributed by atoms with Gasteiger partial charge in [-0.15, -0.1) is 0 Å². The molecule has 0 radical (unpaired) electrons. The van der Waals surface area contributed by atoms with Gasteiger partial charge in [-0.25, -0.2) is 9.78 Å². The minimum atomic E-state index is -0.510. The van der Waals surface area contributed by atoms with Crippen molar-refractivity contribution in [3.63, 3.8) is 0 Å². The van der Waals surface area contributed by atoms with Crippen LogP contribution in [0.2, 0.25) is 5.15 Å². The van der Waals surface area contributed by atoms with Gasteiger partial charge in [-0.05, 0) is 46.2 Å². The highest BCUT2D eigenvalue weighted by Gasteiger charge is 2.41. The van der Waals surface area contributed by atoms with Crippen molar-refractivity contribution in [3.8, 4) is 6.07 Å². The number of likely N-dealkylation sites (tertiary alicyclic amines) is 1. The second kappa shape index (κ2) is 6.48. The number of amides is 1. The van der Waals surface area contributed by atoms with Crippen LogP contribution in [0, 0.1) is 11.3 Å². The molecule has 1 aliphatic heterocycles. The summed E-state index contributed by atoms with van der Waals surface area (Å²) in [5.41, 5.74) is -0.438. The van der Waals surface area contributed by atoms with E-state index in [1.54, 1.807) is 17.0 Å². The number of hydrogen-bond acceptors (Lipinski definition) is 5. The van der Waals surface area contributed by atoms with Gasteiger partial charge in [0, 0.05) is 20.1 Å². The first-order valence-corrected chi connectivity index (χ1v) is 8.22. The number of rotatable bonds is 2. The van der Waals surface area contributed by atoms with Gasteiger partial charge in [0.2, 0.25) is 0 Å². The van der Waals surface area contributed by atoms with E-state index in [1.807, 2.05) is 38.8 Å². The maximum atomic E-state index is 12.3. The van der Waals surface area contributed by atoms with Crippen LogP contribution in [0.3, 0.4) is 0 Å². The first-order valence-electron chi connectivity index (χ1n) is 7.84. The maximum Gasteiger partial charge on any atom is 0.410 e. The zero-order valence-electron chi connectivity index (χ0n) is 14.8. The van der Waals surface area contributed by atoms with Crippen LogP contribution < -0.4 is 4.90 Å². The van der Waals surface area contributed by atoms with Crippen molar-refractivity contribution in [1.29, 1.82) is 5.26 Å². The lowest BCUT2D eigenvalue weighted by atomic mass is 9.99. The molecule has 1 amide bonds. The van der Waals surface area contributed by atoms with Crippen LogP contribution in [0.25, 0.3) is 0 Å². The Bertz CT molecular complexity index is 680. The van der Waals surface area contributed by atoms with Gasteiger partial charge in [0.05, 0.1) is 11.1 Å². The Morgan fingerprint density at radius 2 is 2.17 bits per heavy atom. The molecule has 1 unspecified atom stereocenters. The fourth-order valence-corrected chi connectivity index (χ4v) is 2.86. The van der Waals surface area contributed by atoms with Crippen LogP contribution in [0.5, 0.6) is 0 Å². The fourth-order valence-electron chi connectivity index (χ4n) is 2.67. The summed E-state index contributed by atoms with van der Waals surface area (Å²) in [5.74, 6) is 0.674. The fraction of sp³-hybridized carbons (Fsp3) is 0.588. The van der Waals surface area contributed by atoms with E-state index in [-0.39, 0.29) is 16.8 Å². The first-order chi connectivity index (χ1) is 11.1. The summed E-state index contributed by atoms with van der Waals surface area (Å²) in [4.78, 5) is 20.3. The van der Waals surface area contributed by atoms with Crippen LogP contribution in [0.15, 0.2) is 12.1 Å². The number of nitriles is 1. The molecule has 1 fully saturated rings. The van der Waals surface area contributed by atoms with Gasteiger partial charge >= 0.3 is 6.09 Å². The Hall–Kier alpha value is -2.00. The zero-order valence-corrected chi connectivity index (χ0v) is 15.5. The summed E-state index contributed by atoms with van der Waals surface area (Å²) < 4.78 is 5.45. The monoisotopic (exact) mass is 350 g/mol. The minimum Gasteiger partial charge on any atom is -0.444 e. The SMILES string of the molecule is CN(c1ccc(C#N)c(Cl)n1)C1(C)CCN(C(=O)OC(C)(C)C)C1. The molecule has 1 saturated heterocycles. The molecule has 130 valence electrons. The van der Waals surface area contributed by atoms with Gasteiger partial charge in [0.1, 0.15) is 22.6 Å². The number of nitrogens with zero attached hydrogens (tertiary/aromatic N) is 4. The number of carbonyl (C=O) groups is 1. The number of carbonyl (C=O) groups excluding carboxylic acids is 1. The molecule has 0 bridgehead atoms. The molecular formula is C17H23ClN4O2. The highest BCUT2D eigenvalue weighted by Crippen LogP contribution is 2.31. The number of pyridine rings is 1. The second-order valence-corrected chi connectivity index (χ2v) is 7.69. The highest BCUT2D eigenvalue weighted by atomic mass is 35.5. The molecule has 0 aromatic carbocycles. The average Bonchev–Trinajstić information content (AvgIpc) is 2.88. The summed E-state index contributed by atoms with van der Waals surface area (Å²) in [6, 6.07) is 5.43. The van der Waals surface area contributed by atoms with Gasteiger partial charge < -0.3 is 14.5 Å². The summed E-state index contributed by atoms with van der Waals surface area (Å²) in [6.45, 7) is 8.81. The highest BCUT2D eigenvalue weighted by molar-refractivity contribution is 6.30. The van der Waals surface area contributed by atoms with E-state index in [9.17, 15) is 4.79 Å². The van der Waals surface area contributed by atoms with Gasteiger partial charge in [0.25, 0.3) is 0 Å². The van der Waals surface area contributed by atoms with Crippen molar-refractivity contribution in [2.75, 3.05) is 25.0 Å². The topological polar surface area (TPSA) is 69.5 Å². The number of halogens is 1. The maximum absolute atomic E-state index is 12.3. The van der Waals surface area contributed by atoms with Crippen LogP contribution >= 0.6 is 11.6 Å². The largest absolute Gasteiger partial charge is 0.444 e. The van der Waals surface area contributed by atoms with Gasteiger partial charge in [-0.2, -0.15) is 5.26 Å². The lowest BCUT2D eigenvalue weighted by Crippen LogP contribution is -2.48. The lowest BCUT2D eigenvalue weighted by molar-refractivity contribution is 0.0286. The van der Waals surface area contributed by atoms with Crippen molar-refractivity contribution in [2.24, 2.45) is 0 Å². The lowest BCUT2D eigenvalue weighted by Gasteiger charge is -2.36. The molecule has 0 spiro atoms. The van der Waals surface area contributed by atoms with Crippen molar-refractivity contribution in [3.05, 3.63) is 22.8 Å². The number of anilines is 1. The van der Waals surface area contributed by atoms with E-state index >= 15 is 0 Å².